The van der Waals surface area contributed by atoms with Crippen LogP contribution in [0.15, 0.2) is 66.7 Å². The van der Waals surface area contributed by atoms with E-state index < -0.39 is 69.7 Å². The predicted octanol–water partition coefficient (Wildman–Crippen LogP) is 4.35. The summed E-state index contributed by atoms with van der Waals surface area (Å²) in [5.74, 6) is -4.45. The summed E-state index contributed by atoms with van der Waals surface area (Å²) in [6.07, 6.45) is 0. The van der Waals surface area contributed by atoms with Gasteiger partial charge in [-0.1, -0.05) is 48.0 Å². The molecule has 3 aromatic rings. The van der Waals surface area contributed by atoms with Crippen molar-refractivity contribution in [3.63, 3.8) is 0 Å². The van der Waals surface area contributed by atoms with Crippen molar-refractivity contribution in [3.8, 4) is 5.75 Å². The normalized spacial score (nSPS) is 20.6. The van der Waals surface area contributed by atoms with Gasteiger partial charge in [0.15, 0.2) is 11.5 Å². The lowest BCUT2D eigenvalue weighted by molar-refractivity contribution is -0.385. The highest BCUT2D eigenvalue weighted by Gasteiger charge is 2.63. The minimum Gasteiger partial charge on any atom is -0.490 e. The molecule has 45 heavy (non-hydrogen) atoms. The number of nitrogens with zero attached hydrogens (tertiary/aromatic N) is 4. The van der Waals surface area contributed by atoms with Gasteiger partial charge < -0.3 is 14.4 Å². The smallest absolute Gasteiger partial charge is 0.328 e. The van der Waals surface area contributed by atoms with E-state index in [-0.39, 0.29) is 29.2 Å². The Bertz CT molecular complexity index is 1720. The first-order chi connectivity index (χ1) is 21.5. The summed E-state index contributed by atoms with van der Waals surface area (Å²) in [4.78, 5) is 79.0. The van der Waals surface area contributed by atoms with E-state index in [1.165, 1.54) is 48.4 Å². The third-order valence-electron chi connectivity index (χ3n) is 8.08. The van der Waals surface area contributed by atoms with Gasteiger partial charge in [0.05, 0.1) is 35.5 Å². The maximum atomic E-state index is 14.5. The number of carbonyl (C=O) groups is 4. The molecular formula is C31H28N4O10. The van der Waals surface area contributed by atoms with E-state index in [9.17, 15) is 39.4 Å². The van der Waals surface area contributed by atoms with Crippen LogP contribution in [0.3, 0.4) is 0 Å². The van der Waals surface area contributed by atoms with Gasteiger partial charge in [-0.15, -0.1) is 0 Å². The number of hydrogen-bond donors (Lipinski definition) is 0. The number of fused-ring (bicyclic) bond motifs is 1. The molecule has 5 rings (SSSR count). The standard InChI is InChI=1S/C31H28N4O10/c1-4-45-24(36)16-32-30(38)28-25(18-10-8-17(2)9-11-18)26(29(37)20-6-5-7-21(14-20)34(40)41)27(33(28)31(32)39)19-12-13-23(44-3)22(15-19)35(42)43/h5-15,25-28H,4,16H2,1-3H3. The first-order valence-corrected chi connectivity index (χ1v) is 13.9. The molecular weight excluding hydrogens is 588 g/mol. The molecule has 2 fully saturated rings. The second kappa shape index (κ2) is 12.1. The molecule has 2 heterocycles. The van der Waals surface area contributed by atoms with Gasteiger partial charge in [-0.2, -0.15) is 0 Å². The molecule has 0 bridgehead atoms. The number of imide groups is 1. The molecule has 3 amide bonds. The average Bonchev–Trinajstić information content (AvgIpc) is 3.49. The number of ether oxygens (including phenoxy) is 2. The number of hydrogen-bond acceptors (Lipinski definition) is 10. The third kappa shape index (κ3) is 5.46. The summed E-state index contributed by atoms with van der Waals surface area (Å²) in [5.41, 5.74) is 0.747. The average molecular weight is 617 g/mol. The Labute approximate surface area is 256 Å². The van der Waals surface area contributed by atoms with Crippen LogP contribution in [0.5, 0.6) is 5.75 Å². The van der Waals surface area contributed by atoms with E-state index in [2.05, 4.69) is 0 Å². The lowest BCUT2D eigenvalue weighted by atomic mass is 9.75. The molecule has 232 valence electrons. The fourth-order valence-corrected chi connectivity index (χ4v) is 6.15. The number of benzene rings is 3. The number of amides is 3. The molecule has 14 heteroatoms. The number of Topliss-reactive ketones (excluding diaryl/α,β-unsaturated/α-hetero) is 1. The number of aryl methyl sites for hydroxylation is 1. The van der Waals surface area contributed by atoms with Crippen molar-refractivity contribution in [1.82, 2.24) is 9.80 Å². The molecule has 0 spiro atoms. The molecule has 2 aliphatic heterocycles. The zero-order valence-electron chi connectivity index (χ0n) is 24.4. The molecule has 2 aliphatic rings. The molecule has 2 saturated heterocycles. The highest BCUT2D eigenvalue weighted by molar-refractivity contribution is 6.10. The van der Waals surface area contributed by atoms with Crippen molar-refractivity contribution in [2.45, 2.75) is 31.8 Å². The summed E-state index contributed by atoms with van der Waals surface area (Å²) in [6, 6.07) is 12.6. The summed E-state index contributed by atoms with van der Waals surface area (Å²) < 4.78 is 10.1. The fraction of sp³-hybridized carbons (Fsp3) is 0.290. The Morgan fingerprint density at radius 1 is 0.911 bits per heavy atom. The van der Waals surface area contributed by atoms with Gasteiger partial charge >= 0.3 is 17.7 Å². The molecule has 0 radical (unpaired) electrons. The molecule has 14 nitrogen and oxygen atoms in total. The third-order valence-corrected chi connectivity index (χ3v) is 8.08. The molecule has 0 saturated carbocycles. The molecule has 3 aromatic carbocycles. The molecule has 0 aliphatic carbocycles. The summed E-state index contributed by atoms with van der Waals surface area (Å²) in [7, 11) is 1.26. The number of non-ortho nitro benzene ring substituents is 1. The number of rotatable bonds is 10. The molecule has 0 N–H and O–H groups in total. The van der Waals surface area contributed by atoms with Crippen molar-refractivity contribution in [3.05, 3.63) is 109 Å². The number of nitro groups is 2. The van der Waals surface area contributed by atoms with Crippen LogP contribution < -0.4 is 4.74 Å². The zero-order chi connectivity index (χ0) is 32.6. The maximum Gasteiger partial charge on any atom is 0.328 e. The predicted molar refractivity (Wildman–Crippen MR) is 157 cm³/mol. The van der Waals surface area contributed by atoms with Crippen LogP contribution in [0.4, 0.5) is 16.2 Å². The monoisotopic (exact) mass is 616 g/mol. The Hall–Kier alpha value is -5.66. The van der Waals surface area contributed by atoms with Gasteiger partial charge in [0, 0.05) is 29.7 Å². The van der Waals surface area contributed by atoms with Crippen LogP contribution in [0.1, 0.15) is 45.9 Å². The SMILES string of the molecule is CCOC(=O)CN1C(=O)C2C(c3ccc(C)cc3)C(C(=O)c3cccc([N+](=O)[O-])c3)C(c3ccc(OC)c([N+](=O)[O-])c3)N2C1=O. The van der Waals surface area contributed by atoms with Gasteiger partial charge in [-0.05, 0) is 31.0 Å². The fourth-order valence-electron chi connectivity index (χ4n) is 6.15. The van der Waals surface area contributed by atoms with Crippen molar-refractivity contribution in [2.24, 2.45) is 5.92 Å². The Morgan fingerprint density at radius 3 is 2.22 bits per heavy atom. The van der Waals surface area contributed by atoms with Crippen LogP contribution in [-0.4, -0.2) is 69.6 Å². The molecule has 4 unspecified atom stereocenters. The van der Waals surface area contributed by atoms with E-state index in [0.29, 0.717) is 5.56 Å². The van der Waals surface area contributed by atoms with Gasteiger partial charge in [0.2, 0.25) is 0 Å². The van der Waals surface area contributed by atoms with Gasteiger partial charge in [-0.3, -0.25) is 39.5 Å². The van der Waals surface area contributed by atoms with E-state index in [1.807, 2.05) is 6.92 Å². The largest absolute Gasteiger partial charge is 0.490 e. The maximum absolute atomic E-state index is 14.5. The Kier molecular flexibility index (Phi) is 8.31. The highest BCUT2D eigenvalue weighted by atomic mass is 16.6. The van der Waals surface area contributed by atoms with E-state index in [4.69, 9.17) is 9.47 Å². The summed E-state index contributed by atoms with van der Waals surface area (Å²) in [5, 5.41) is 23.5. The number of ketones is 1. The Morgan fingerprint density at radius 2 is 1.60 bits per heavy atom. The molecule has 4 atom stereocenters. The van der Waals surface area contributed by atoms with Crippen LogP contribution in [0.2, 0.25) is 0 Å². The Balaban J connectivity index is 1.75. The van der Waals surface area contributed by atoms with Gasteiger partial charge in [-0.25, -0.2) is 4.79 Å². The minimum atomic E-state index is -1.28. The van der Waals surface area contributed by atoms with E-state index in [0.717, 1.165) is 16.5 Å². The van der Waals surface area contributed by atoms with Crippen LogP contribution in [0.25, 0.3) is 0 Å². The number of methoxy groups -OCH3 is 1. The first-order valence-electron chi connectivity index (χ1n) is 13.9. The summed E-state index contributed by atoms with van der Waals surface area (Å²) >= 11 is 0. The number of nitro benzene ring substituents is 2. The number of esters is 1. The van der Waals surface area contributed by atoms with E-state index in [1.54, 1.807) is 31.2 Å². The van der Waals surface area contributed by atoms with Crippen molar-refractivity contribution >= 4 is 35.1 Å². The lowest BCUT2D eigenvalue weighted by Gasteiger charge is -2.28. The van der Waals surface area contributed by atoms with Crippen LogP contribution in [0, 0.1) is 33.1 Å². The summed E-state index contributed by atoms with van der Waals surface area (Å²) in [6.45, 7) is 2.78. The quantitative estimate of drug-likeness (QED) is 0.104. The van der Waals surface area contributed by atoms with Gasteiger partial charge in [0.25, 0.3) is 11.6 Å². The highest BCUT2D eigenvalue weighted by Crippen LogP contribution is 2.54. The van der Waals surface area contributed by atoms with Crippen molar-refractivity contribution in [1.29, 1.82) is 0 Å². The van der Waals surface area contributed by atoms with Crippen molar-refractivity contribution < 1.29 is 38.5 Å². The zero-order valence-corrected chi connectivity index (χ0v) is 24.4. The second-order valence-electron chi connectivity index (χ2n) is 10.6. The first kappa shape index (κ1) is 30.8. The lowest BCUT2D eigenvalue weighted by Crippen LogP contribution is -2.41. The van der Waals surface area contributed by atoms with Gasteiger partial charge in [0.1, 0.15) is 12.6 Å². The van der Waals surface area contributed by atoms with E-state index >= 15 is 0 Å². The minimum absolute atomic E-state index is 0.0200. The van der Waals surface area contributed by atoms with Crippen molar-refractivity contribution in [2.75, 3.05) is 20.3 Å². The number of carbonyl (C=O) groups excluding carboxylic acids is 4. The number of urea groups is 1. The topological polar surface area (TPSA) is 180 Å². The van der Waals surface area contributed by atoms with Crippen LogP contribution in [-0.2, 0) is 14.3 Å². The second-order valence-corrected chi connectivity index (χ2v) is 10.6. The molecule has 0 aromatic heterocycles. The van der Waals surface area contributed by atoms with Crippen LogP contribution >= 0.6 is 0 Å².